The molecule has 20 heavy (non-hydrogen) atoms. The summed E-state index contributed by atoms with van der Waals surface area (Å²) in [7, 11) is 0. The van der Waals surface area contributed by atoms with Gasteiger partial charge in [0.25, 0.3) is 11.5 Å². The van der Waals surface area contributed by atoms with E-state index < -0.39 is 23.9 Å². The first-order valence-electron chi connectivity index (χ1n) is 5.94. The molecule has 0 unspecified atom stereocenters. The van der Waals surface area contributed by atoms with Crippen molar-refractivity contribution >= 4 is 5.91 Å². The van der Waals surface area contributed by atoms with Gasteiger partial charge in [-0.15, -0.1) is 13.2 Å². The fourth-order valence-corrected chi connectivity index (χ4v) is 2.02. The topological polar surface area (TPSA) is 75.3 Å². The fourth-order valence-electron chi connectivity index (χ4n) is 2.02. The van der Waals surface area contributed by atoms with Crippen LogP contribution in [0.1, 0.15) is 23.3 Å². The smallest absolute Gasteiger partial charge is 0.337 e. The zero-order valence-corrected chi connectivity index (χ0v) is 10.3. The number of likely N-dealkylation sites (tertiary alicyclic amines) is 1. The van der Waals surface area contributed by atoms with Crippen LogP contribution in [-0.4, -0.2) is 46.3 Å². The predicted octanol–water partition coefficient (Wildman–Crippen LogP) is 0.911. The third-order valence-corrected chi connectivity index (χ3v) is 2.94. The summed E-state index contributed by atoms with van der Waals surface area (Å²) in [5, 5.41) is 0. The molecular formula is C11H12F3N3O3. The van der Waals surface area contributed by atoms with Gasteiger partial charge >= 0.3 is 6.36 Å². The Labute approximate surface area is 111 Å². The molecule has 0 aliphatic carbocycles. The van der Waals surface area contributed by atoms with Gasteiger partial charge in [0.1, 0.15) is 0 Å². The molecule has 110 valence electrons. The summed E-state index contributed by atoms with van der Waals surface area (Å²) >= 11 is 0. The van der Waals surface area contributed by atoms with Crippen LogP contribution in [0.4, 0.5) is 13.2 Å². The Balaban J connectivity index is 1.96. The number of carbonyl (C=O) groups is 1. The van der Waals surface area contributed by atoms with E-state index in [9.17, 15) is 22.8 Å². The molecule has 2 rings (SSSR count). The number of rotatable bonds is 2. The van der Waals surface area contributed by atoms with Crippen molar-refractivity contribution in [2.75, 3.05) is 13.1 Å². The number of alkyl halides is 3. The minimum atomic E-state index is -4.67. The van der Waals surface area contributed by atoms with Crippen LogP contribution in [0.5, 0.6) is 0 Å². The maximum atomic E-state index is 12.1. The maximum Gasteiger partial charge on any atom is 0.522 e. The van der Waals surface area contributed by atoms with E-state index in [1.807, 2.05) is 0 Å². The first kappa shape index (κ1) is 14.5. The van der Waals surface area contributed by atoms with Crippen molar-refractivity contribution in [2.24, 2.45) is 0 Å². The molecule has 1 aromatic rings. The molecule has 1 aliphatic heterocycles. The van der Waals surface area contributed by atoms with Crippen molar-refractivity contribution in [1.82, 2.24) is 14.9 Å². The van der Waals surface area contributed by atoms with Crippen LogP contribution in [0.25, 0.3) is 0 Å². The second-order valence-corrected chi connectivity index (χ2v) is 4.32. The SMILES string of the molecule is O=C(c1ncc[nH]c1=O)N1CCC(OC(F)(F)F)CC1. The van der Waals surface area contributed by atoms with E-state index in [1.165, 1.54) is 17.3 Å². The van der Waals surface area contributed by atoms with Crippen molar-refractivity contribution in [3.05, 3.63) is 28.4 Å². The zero-order valence-electron chi connectivity index (χ0n) is 10.3. The van der Waals surface area contributed by atoms with Gasteiger partial charge in [-0.2, -0.15) is 0 Å². The number of H-pyrrole nitrogens is 1. The minimum absolute atomic E-state index is 0.0655. The molecule has 0 atom stereocenters. The van der Waals surface area contributed by atoms with Crippen molar-refractivity contribution in [2.45, 2.75) is 25.3 Å². The normalized spacial score (nSPS) is 17.2. The number of carbonyl (C=O) groups excluding carboxylic acids is 1. The lowest BCUT2D eigenvalue weighted by Crippen LogP contribution is -2.44. The Bertz CT molecular complexity index is 535. The molecule has 1 fully saturated rings. The van der Waals surface area contributed by atoms with Gasteiger partial charge in [0, 0.05) is 25.5 Å². The highest BCUT2D eigenvalue weighted by Crippen LogP contribution is 2.24. The van der Waals surface area contributed by atoms with Gasteiger partial charge in [-0.05, 0) is 12.8 Å². The third-order valence-electron chi connectivity index (χ3n) is 2.94. The quantitative estimate of drug-likeness (QED) is 0.879. The van der Waals surface area contributed by atoms with Gasteiger partial charge in [-0.25, -0.2) is 4.98 Å². The lowest BCUT2D eigenvalue weighted by Gasteiger charge is -2.31. The van der Waals surface area contributed by atoms with E-state index in [0.717, 1.165) is 0 Å². The van der Waals surface area contributed by atoms with Crippen molar-refractivity contribution < 1.29 is 22.7 Å². The first-order chi connectivity index (χ1) is 9.37. The molecule has 9 heteroatoms. The van der Waals surface area contributed by atoms with Crippen LogP contribution in [0.2, 0.25) is 0 Å². The summed E-state index contributed by atoms with van der Waals surface area (Å²) < 4.78 is 40.1. The number of nitrogens with zero attached hydrogens (tertiary/aromatic N) is 2. The molecule has 1 saturated heterocycles. The fraction of sp³-hybridized carbons (Fsp3) is 0.545. The van der Waals surface area contributed by atoms with Crippen molar-refractivity contribution in [3.63, 3.8) is 0 Å². The summed E-state index contributed by atoms with van der Waals surface area (Å²) in [5.74, 6) is -0.586. The maximum absolute atomic E-state index is 12.1. The summed E-state index contributed by atoms with van der Waals surface area (Å²) in [6.45, 7) is 0.186. The lowest BCUT2D eigenvalue weighted by molar-refractivity contribution is -0.345. The molecule has 0 spiro atoms. The largest absolute Gasteiger partial charge is 0.522 e. The number of hydrogen-bond donors (Lipinski definition) is 1. The van der Waals surface area contributed by atoms with E-state index in [1.54, 1.807) is 0 Å². The summed E-state index contributed by atoms with van der Waals surface area (Å²) in [5.41, 5.74) is -0.881. The van der Waals surface area contributed by atoms with E-state index in [4.69, 9.17) is 0 Å². The Morgan fingerprint density at radius 2 is 2.05 bits per heavy atom. The van der Waals surface area contributed by atoms with Gasteiger partial charge in [-0.3, -0.25) is 14.3 Å². The third kappa shape index (κ3) is 3.56. The first-order valence-corrected chi connectivity index (χ1v) is 5.94. The Hall–Kier alpha value is -1.90. The molecule has 0 radical (unpaired) electrons. The second-order valence-electron chi connectivity index (χ2n) is 4.32. The molecule has 1 amide bonds. The highest BCUT2D eigenvalue weighted by atomic mass is 19.4. The van der Waals surface area contributed by atoms with Gasteiger partial charge in [0.2, 0.25) is 0 Å². The monoisotopic (exact) mass is 291 g/mol. The number of aromatic amines is 1. The van der Waals surface area contributed by atoms with Crippen LogP contribution in [-0.2, 0) is 4.74 Å². The Morgan fingerprint density at radius 1 is 1.40 bits per heavy atom. The van der Waals surface area contributed by atoms with E-state index in [2.05, 4.69) is 14.7 Å². The lowest BCUT2D eigenvalue weighted by atomic mass is 10.1. The minimum Gasteiger partial charge on any atom is -0.337 e. The molecular weight excluding hydrogens is 279 g/mol. The average molecular weight is 291 g/mol. The van der Waals surface area contributed by atoms with Crippen LogP contribution in [0, 0.1) is 0 Å². The Kier molecular flexibility index (Phi) is 4.07. The molecule has 6 nitrogen and oxygen atoms in total. The van der Waals surface area contributed by atoms with Crippen LogP contribution >= 0.6 is 0 Å². The van der Waals surface area contributed by atoms with Crippen LogP contribution in [0.15, 0.2) is 17.2 Å². The molecule has 2 heterocycles. The highest BCUT2D eigenvalue weighted by Gasteiger charge is 2.36. The van der Waals surface area contributed by atoms with E-state index in [-0.39, 0.29) is 31.6 Å². The molecule has 0 saturated carbocycles. The molecule has 1 N–H and O–H groups in total. The summed E-state index contributed by atoms with van der Waals surface area (Å²) in [4.78, 5) is 30.7. The number of ether oxygens (including phenoxy) is 1. The van der Waals surface area contributed by atoms with Crippen LogP contribution in [0.3, 0.4) is 0 Å². The van der Waals surface area contributed by atoms with E-state index >= 15 is 0 Å². The van der Waals surface area contributed by atoms with Gasteiger partial charge < -0.3 is 9.88 Å². The van der Waals surface area contributed by atoms with Gasteiger partial charge in [0.15, 0.2) is 5.69 Å². The molecule has 1 aromatic heterocycles. The van der Waals surface area contributed by atoms with Crippen molar-refractivity contribution in [3.8, 4) is 0 Å². The second kappa shape index (κ2) is 5.61. The van der Waals surface area contributed by atoms with Gasteiger partial charge in [-0.1, -0.05) is 0 Å². The summed E-state index contributed by atoms with van der Waals surface area (Å²) in [6, 6.07) is 0. The zero-order chi connectivity index (χ0) is 14.8. The average Bonchev–Trinajstić information content (AvgIpc) is 2.37. The number of hydrogen-bond acceptors (Lipinski definition) is 4. The van der Waals surface area contributed by atoms with Crippen molar-refractivity contribution in [1.29, 1.82) is 0 Å². The standard InChI is InChI=1S/C11H12F3N3O3/c12-11(13,14)20-7-1-5-17(6-2-7)10(19)8-9(18)16-4-3-15-8/h3-4,7H,1-2,5-6H2,(H,16,18). The summed E-state index contributed by atoms with van der Waals surface area (Å²) in [6.07, 6.45) is -2.93. The molecule has 0 bridgehead atoms. The number of amides is 1. The number of nitrogens with one attached hydrogen (secondary N) is 1. The number of piperidine rings is 1. The van der Waals surface area contributed by atoms with Gasteiger partial charge in [0.05, 0.1) is 6.10 Å². The molecule has 0 aromatic carbocycles. The van der Waals surface area contributed by atoms with E-state index in [0.29, 0.717) is 0 Å². The Morgan fingerprint density at radius 3 is 2.60 bits per heavy atom. The molecule has 1 aliphatic rings. The predicted molar refractivity (Wildman–Crippen MR) is 60.9 cm³/mol. The number of aromatic nitrogens is 2. The number of halogens is 3. The highest BCUT2D eigenvalue weighted by molar-refractivity contribution is 5.91. The van der Waals surface area contributed by atoms with Crippen LogP contribution < -0.4 is 5.56 Å².